The van der Waals surface area contributed by atoms with Gasteiger partial charge in [0.25, 0.3) is 0 Å². The smallest absolute Gasteiger partial charge is 0.0468 e. The van der Waals surface area contributed by atoms with Gasteiger partial charge < -0.3 is 4.74 Å². The Morgan fingerprint density at radius 1 is 1.21 bits per heavy atom. The molecule has 19 heavy (non-hydrogen) atoms. The lowest BCUT2D eigenvalue weighted by atomic mass is 9.81. The van der Waals surface area contributed by atoms with Crippen LogP contribution < -0.4 is 0 Å². The molecular formula is C18H28O. The summed E-state index contributed by atoms with van der Waals surface area (Å²) in [4.78, 5) is 0. The van der Waals surface area contributed by atoms with E-state index < -0.39 is 0 Å². The van der Waals surface area contributed by atoms with E-state index in [4.69, 9.17) is 4.74 Å². The van der Waals surface area contributed by atoms with Crippen LogP contribution in [0.4, 0.5) is 0 Å². The Kier molecular flexibility index (Phi) is 4.67. The molecule has 0 saturated carbocycles. The molecule has 0 aromatic heterocycles. The van der Waals surface area contributed by atoms with Crippen LogP contribution in [0, 0.1) is 11.8 Å². The van der Waals surface area contributed by atoms with Gasteiger partial charge in [0.05, 0.1) is 0 Å². The summed E-state index contributed by atoms with van der Waals surface area (Å²) in [6, 6.07) is 9.15. The lowest BCUT2D eigenvalue weighted by Gasteiger charge is -2.28. The van der Waals surface area contributed by atoms with Crippen LogP contribution in [-0.2, 0) is 16.6 Å². The predicted molar refractivity (Wildman–Crippen MR) is 81.6 cm³/mol. The molecule has 0 amide bonds. The number of rotatable bonds is 3. The van der Waals surface area contributed by atoms with E-state index in [-0.39, 0.29) is 5.41 Å². The average molecular weight is 260 g/mol. The summed E-state index contributed by atoms with van der Waals surface area (Å²) in [6.07, 6.45) is 3.68. The van der Waals surface area contributed by atoms with Gasteiger partial charge in [0.2, 0.25) is 0 Å². The molecular weight excluding hydrogens is 232 g/mol. The van der Waals surface area contributed by atoms with Gasteiger partial charge in [0.1, 0.15) is 0 Å². The van der Waals surface area contributed by atoms with Crippen molar-refractivity contribution in [2.45, 2.75) is 52.4 Å². The molecule has 1 heterocycles. The predicted octanol–water partition coefficient (Wildman–Crippen LogP) is 4.59. The number of hydrogen-bond acceptors (Lipinski definition) is 1. The monoisotopic (exact) mass is 260 g/mol. The molecule has 1 aromatic rings. The van der Waals surface area contributed by atoms with Crippen LogP contribution >= 0.6 is 0 Å². The summed E-state index contributed by atoms with van der Waals surface area (Å²) in [5, 5.41) is 0. The van der Waals surface area contributed by atoms with E-state index in [1.807, 2.05) is 0 Å². The molecule has 0 bridgehead atoms. The standard InChI is InChI=1S/C18H28O/c1-14(16-8-10-19-11-9-16)12-15-6-5-7-17(13-15)18(2,3)4/h5-7,13-14,16H,8-12H2,1-4H3. The summed E-state index contributed by atoms with van der Waals surface area (Å²) in [7, 11) is 0. The van der Waals surface area contributed by atoms with Gasteiger partial charge in [-0.05, 0) is 47.6 Å². The topological polar surface area (TPSA) is 9.23 Å². The Bertz CT molecular complexity index is 396. The van der Waals surface area contributed by atoms with Crippen LogP contribution in [-0.4, -0.2) is 13.2 Å². The van der Waals surface area contributed by atoms with E-state index in [1.54, 1.807) is 0 Å². The summed E-state index contributed by atoms with van der Waals surface area (Å²) in [6.45, 7) is 11.2. The molecule has 0 aliphatic carbocycles. The zero-order chi connectivity index (χ0) is 13.9. The van der Waals surface area contributed by atoms with Crippen molar-refractivity contribution in [1.29, 1.82) is 0 Å². The van der Waals surface area contributed by atoms with Gasteiger partial charge in [0, 0.05) is 13.2 Å². The van der Waals surface area contributed by atoms with Crippen LogP contribution in [0.5, 0.6) is 0 Å². The zero-order valence-electron chi connectivity index (χ0n) is 12.9. The highest BCUT2D eigenvalue weighted by molar-refractivity contribution is 5.28. The first-order valence-electron chi connectivity index (χ1n) is 7.64. The van der Waals surface area contributed by atoms with Crippen molar-refractivity contribution in [3.8, 4) is 0 Å². The highest BCUT2D eigenvalue weighted by Gasteiger charge is 2.21. The maximum atomic E-state index is 5.46. The normalized spacial score (nSPS) is 19.4. The van der Waals surface area contributed by atoms with Crippen molar-refractivity contribution in [2.75, 3.05) is 13.2 Å². The van der Waals surface area contributed by atoms with Crippen LogP contribution in [0.2, 0.25) is 0 Å². The summed E-state index contributed by atoms with van der Waals surface area (Å²) < 4.78 is 5.46. The number of benzene rings is 1. The molecule has 1 heteroatoms. The third kappa shape index (κ3) is 4.07. The van der Waals surface area contributed by atoms with Gasteiger partial charge in [-0.3, -0.25) is 0 Å². The van der Waals surface area contributed by atoms with E-state index in [0.29, 0.717) is 0 Å². The van der Waals surface area contributed by atoms with Gasteiger partial charge in [-0.2, -0.15) is 0 Å². The third-order valence-corrected chi connectivity index (χ3v) is 4.42. The van der Waals surface area contributed by atoms with Crippen LogP contribution in [0.15, 0.2) is 24.3 Å². The molecule has 1 saturated heterocycles. The first kappa shape index (κ1) is 14.6. The molecule has 1 aliphatic heterocycles. The van der Waals surface area contributed by atoms with Crippen molar-refractivity contribution < 1.29 is 4.74 Å². The number of hydrogen-bond donors (Lipinski definition) is 0. The van der Waals surface area contributed by atoms with E-state index >= 15 is 0 Å². The van der Waals surface area contributed by atoms with Gasteiger partial charge in [-0.1, -0.05) is 52.0 Å². The molecule has 0 spiro atoms. The maximum Gasteiger partial charge on any atom is 0.0468 e. The van der Waals surface area contributed by atoms with Gasteiger partial charge in [-0.25, -0.2) is 0 Å². The fourth-order valence-corrected chi connectivity index (χ4v) is 2.99. The summed E-state index contributed by atoms with van der Waals surface area (Å²) in [5.74, 6) is 1.60. The van der Waals surface area contributed by atoms with Crippen molar-refractivity contribution >= 4 is 0 Å². The minimum Gasteiger partial charge on any atom is -0.381 e. The maximum absolute atomic E-state index is 5.46. The quantitative estimate of drug-likeness (QED) is 0.772. The summed E-state index contributed by atoms with van der Waals surface area (Å²) in [5.41, 5.74) is 3.19. The Morgan fingerprint density at radius 3 is 2.53 bits per heavy atom. The van der Waals surface area contributed by atoms with Crippen molar-refractivity contribution in [3.63, 3.8) is 0 Å². The molecule has 1 fully saturated rings. The first-order valence-corrected chi connectivity index (χ1v) is 7.64. The minimum absolute atomic E-state index is 0.248. The van der Waals surface area contributed by atoms with E-state index in [9.17, 15) is 0 Å². The van der Waals surface area contributed by atoms with Crippen molar-refractivity contribution in [3.05, 3.63) is 35.4 Å². The Balaban J connectivity index is 2.02. The highest BCUT2D eigenvalue weighted by Crippen LogP contribution is 2.28. The van der Waals surface area contributed by atoms with Gasteiger partial charge in [-0.15, -0.1) is 0 Å². The second-order valence-corrected chi connectivity index (χ2v) is 7.08. The van der Waals surface area contributed by atoms with Crippen LogP contribution in [0.1, 0.15) is 51.7 Å². The SMILES string of the molecule is CC(Cc1cccc(C(C)(C)C)c1)C1CCOCC1. The molecule has 106 valence electrons. The Morgan fingerprint density at radius 2 is 1.89 bits per heavy atom. The molecule has 1 unspecified atom stereocenters. The fourth-order valence-electron chi connectivity index (χ4n) is 2.99. The fraction of sp³-hybridized carbons (Fsp3) is 0.667. The van der Waals surface area contributed by atoms with Crippen molar-refractivity contribution in [1.82, 2.24) is 0 Å². The van der Waals surface area contributed by atoms with E-state index in [0.717, 1.165) is 25.0 Å². The van der Waals surface area contributed by atoms with Gasteiger partial charge >= 0.3 is 0 Å². The lowest BCUT2D eigenvalue weighted by Crippen LogP contribution is -2.23. The first-order chi connectivity index (χ1) is 8.97. The molecule has 2 rings (SSSR count). The van der Waals surface area contributed by atoms with Crippen LogP contribution in [0.25, 0.3) is 0 Å². The summed E-state index contributed by atoms with van der Waals surface area (Å²) >= 11 is 0. The van der Waals surface area contributed by atoms with E-state index in [2.05, 4.69) is 52.0 Å². The zero-order valence-corrected chi connectivity index (χ0v) is 12.9. The third-order valence-electron chi connectivity index (χ3n) is 4.42. The Labute approximate surface area is 118 Å². The largest absolute Gasteiger partial charge is 0.381 e. The van der Waals surface area contributed by atoms with E-state index in [1.165, 1.54) is 30.4 Å². The van der Waals surface area contributed by atoms with Crippen LogP contribution in [0.3, 0.4) is 0 Å². The molecule has 0 radical (unpaired) electrons. The highest BCUT2D eigenvalue weighted by atomic mass is 16.5. The lowest BCUT2D eigenvalue weighted by molar-refractivity contribution is 0.0495. The molecule has 1 aromatic carbocycles. The molecule has 1 atom stereocenters. The second-order valence-electron chi connectivity index (χ2n) is 7.08. The van der Waals surface area contributed by atoms with Gasteiger partial charge in [0.15, 0.2) is 0 Å². The molecule has 0 N–H and O–H groups in total. The Hall–Kier alpha value is -0.820. The number of ether oxygens (including phenoxy) is 1. The van der Waals surface area contributed by atoms with Crippen molar-refractivity contribution in [2.24, 2.45) is 11.8 Å². The second kappa shape index (κ2) is 6.09. The average Bonchev–Trinajstić information content (AvgIpc) is 2.39. The molecule has 1 aliphatic rings. The molecule has 1 nitrogen and oxygen atoms in total. The minimum atomic E-state index is 0.248.